The minimum absolute atomic E-state index is 0.199. The number of carbonyl (C=O) groups is 1. The zero-order valence-electron chi connectivity index (χ0n) is 15.4. The lowest BCUT2D eigenvalue weighted by molar-refractivity contribution is 0.0697. The van der Waals surface area contributed by atoms with Gasteiger partial charge in [0.25, 0.3) is 0 Å². The Bertz CT molecular complexity index is 1070. The van der Waals surface area contributed by atoms with Crippen LogP contribution in [0.3, 0.4) is 0 Å². The van der Waals surface area contributed by atoms with Crippen LogP contribution >= 0.6 is 11.6 Å². The highest BCUT2D eigenvalue weighted by Crippen LogP contribution is 2.51. The molecule has 2 aromatic heterocycles. The molecule has 0 aliphatic heterocycles. The molecule has 0 bridgehead atoms. The number of hydrogen-bond acceptors (Lipinski definition) is 4. The molecule has 1 saturated carbocycles. The number of nitrogens with one attached hydrogen (secondary N) is 1. The summed E-state index contributed by atoms with van der Waals surface area (Å²) in [4.78, 5) is 16.0. The molecule has 7 heteroatoms. The normalized spacial score (nSPS) is 17.3. The molecule has 3 aromatic rings. The van der Waals surface area contributed by atoms with Gasteiger partial charge in [-0.1, -0.05) is 36.6 Å². The summed E-state index contributed by atoms with van der Waals surface area (Å²) in [6.07, 6.45) is 8.71. The first-order valence-corrected chi connectivity index (χ1v) is 10.1. The van der Waals surface area contributed by atoms with Crippen molar-refractivity contribution >= 4 is 29.0 Å². The fraction of sp³-hybridized carbons (Fsp3) is 0.381. The van der Waals surface area contributed by atoms with Crippen molar-refractivity contribution in [3.05, 3.63) is 57.9 Å². The number of hydrogen-bond donors (Lipinski definition) is 2. The number of benzene rings is 1. The van der Waals surface area contributed by atoms with E-state index in [0.717, 1.165) is 24.2 Å². The van der Waals surface area contributed by atoms with Gasteiger partial charge in [-0.3, -0.25) is 0 Å². The molecule has 144 valence electrons. The molecule has 1 fully saturated rings. The van der Waals surface area contributed by atoms with Gasteiger partial charge in [-0.25, -0.2) is 9.78 Å². The summed E-state index contributed by atoms with van der Waals surface area (Å²) in [6, 6.07) is 6.93. The fourth-order valence-corrected chi connectivity index (χ4v) is 5.00. The second-order valence-corrected chi connectivity index (χ2v) is 8.27. The molecule has 0 atom stereocenters. The zero-order valence-corrected chi connectivity index (χ0v) is 16.2. The summed E-state index contributed by atoms with van der Waals surface area (Å²) in [5, 5.41) is 17.6. The second-order valence-electron chi connectivity index (χ2n) is 7.86. The third-order valence-electron chi connectivity index (χ3n) is 6.28. The number of nitrogens with zero attached hydrogens (tertiary/aromatic N) is 3. The monoisotopic (exact) mass is 396 g/mol. The molecule has 28 heavy (non-hydrogen) atoms. The highest BCUT2D eigenvalue weighted by Gasteiger charge is 2.44. The first kappa shape index (κ1) is 17.5. The van der Waals surface area contributed by atoms with Gasteiger partial charge >= 0.3 is 5.97 Å². The van der Waals surface area contributed by atoms with Gasteiger partial charge in [-0.2, -0.15) is 9.61 Å². The molecule has 5 rings (SSSR count). The molecule has 2 N–H and O–H groups in total. The van der Waals surface area contributed by atoms with Crippen molar-refractivity contribution in [2.45, 2.75) is 50.5 Å². The summed E-state index contributed by atoms with van der Waals surface area (Å²) in [5.41, 5.74) is 4.65. The lowest BCUT2D eigenvalue weighted by Crippen LogP contribution is -2.20. The topological polar surface area (TPSA) is 79.5 Å². The van der Waals surface area contributed by atoms with Crippen LogP contribution in [0.2, 0.25) is 5.02 Å². The largest absolute Gasteiger partial charge is 0.478 e. The number of aromatic nitrogens is 3. The highest BCUT2D eigenvalue weighted by atomic mass is 35.5. The second kappa shape index (κ2) is 6.48. The van der Waals surface area contributed by atoms with E-state index < -0.39 is 5.97 Å². The Labute approximate surface area is 167 Å². The van der Waals surface area contributed by atoms with E-state index in [0.29, 0.717) is 17.2 Å². The lowest BCUT2D eigenvalue weighted by Gasteiger charge is -2.23. The van der Waals surface area contributed by atoms with Gasteiger partial charge in [-0.05, 0) is 43.4 Å². The van der Waals surface area contributed by atoms with E-state index in [1.807, 2.05) is 12.1 Å². The van der Waals surface area contributed by atoms with E-state index in [4.69, 9.17) is 21.7 Å². The van der Waals surface area contributed by atoms with E-state index in [-0.39, 0.29) is 11.0 Å². The van der Waals surface area contributed by atoms with Crippen LogP contribution in [0.25, 0.3) is 5.65 Å². The predicted octanol–water partition coefficient (Wildman–Crippen LogP) is 4.45. The molecular weight excluding hydrogens is 376 g/mol. The molecule has 0 unspecified atom stereocenters. The maximum Gasteiger partial charge on any atom is 0.335 e. The van der Waals surface area contributed by atoms with Crippen molar-refractivity contribution in [2.75, 3.05) is 5.32 Å². The third kappa shape index (κ3) is 2.66. The van der Waals surface area contributed by atoms with E-state index in [1.54, 1.807) is 22.8 Å². The first-order chi connectivity index (χ1) is 13.6. The number of fused-ring (bicyclic) bond motifs is 3. The van der Waals surface area contributed by atoms with Crippen LogP contribution in [-0.2, 0) is 18.4 Å². The molecule has 0 radical (unpaired) electrons. The van der Waals surface area contributed by atoms with Gasteiger partial charge in [0.15, 0.2) is 5.65 Å². The van der Waals surface area contributed by atoms with Gasteiger partial charge in [0, 0.05) is 17.5 Å². The summed E-state index contributed by atoms with van der Waals surface area (Å²) >= 11 is 6.38. The standard InChI is InChI=1S/C21H21ClN4O2/c22-16-12-24-26-18(23-11-13-3-5-14(6-4-13)20(27)28)15-7-10-21(8-1-2-9-21)17(15)25-19(16)26/h3-6,12,23H,1-2,7-11H2,(H,27,28). The van der Waals surface area contributed by atoms with Crippen LogP contribution < -0.4 is 5.32 Å². The fourth-order valence-electron chi connectivity index (χ4n) is 4.83. The Kier molecular flexibility index (Phi) is 4.05. The number of aromatic carboxylic acids is 1. The smallest absolute Gasteiger partial charge is 0.335 e. The van der Waals surface area contributed by atoms with E-state index in [2.05, 4.69) is 10.4 Å². The Morgan fingerprint density at radius 3 is 2.68 bits per heavy atom. The van der Waals surface area contributed by atoms with Crippen molar-refractivity contribution in [3.63, 3.8) is 0 Å². The number of rotatable bonds is 4. The molecular formula is C21H21ClN4O2. The van der Waals surface area contributed by atoms with Crippen LogP contribution in [-0.4, -0.2) is 25.7 Å². The molecule has 2 aliphatic rings. The van der Waals surface area contributed by atoms with Crippen molar-refractivity contribution in [2.24, 2.45) is 0 Å². The minimum atomic E-state index is -0.916. The van der Waals surface area contributed by atoms with Crippen LogP contribution in [0, 0.1) is 0 Å². The van der Waals surface area contributed by atoms with Gasteiger partial charge in [-0.15, -0.1) is 0 Å². The minimum Gasteiger partial charge on any atom is -0.478 e. The van der Waals surface area contributed by atoms with Crippen LogP contribution in [0.5, 0.6) is 0 Å². The Balaban J connectivity index is 1.53. The lowest BCUT2D eigenvalue weighted by atomic mass is 9.83. The molecule has 1 spiro atoms. The van der Waals surface area contributed by atoms with Crippen molar-refractivity contribution in [1.29, 1.82) is 0 Å². The van der Waals surface area contributed by atoms with Crippen molar-refractivity contribution in [3.8, 4) is 0 Å². The summed E-state index contributed by atoms with van der Waals surface area (Å²) in [7, 11) is 0. The Hall–Kier alpha value is -2.60. The van der Waals surface area contributed by atoms with Gasteiger partial charge in [0.2, 0.25) is 0 Å². The molecule has 6 nitrogen and oxygen atoms in total. The van der Waals surface area contributed by atoms with Crippen LogP contribution in [0.1, 0.15) is 59.3 Å². The number of anilines is 1. The number of carboxylic acid groups (broad SMARTS) is 1. The van der Waals surface area contributed by atoms with E-state index in [1.165, 1.54) is 36.9 Å². The van der Waals surface area contributed by atoms with Crippen LogP contribution in [0.4, 0.5) is 5.82 Å². The summed E-state index contributed by atoms with van der Waals surface area (Å²) in [6.45, 7) is 0.579. The average Bonchev–Trinajstić information content (AvgIpc) is 3.41. The van der Waals surface area contributed by atoms with Gasteiger partial charge in [0.05, 0.1) is 17.5 Å². The zero-order chi connectivity index (χ0) is 19.3. The Morgan fingerprint density at radius 1 is 1.21 bits per heavy atom. The molecule has 2 aliphatic carbocycles. The Morgan fingerprint density at radius 2 is 1.96 bits per heavy atom. The molecule has 0 saturated heterocycles. The highest BCUT2D eigenvalue weighted by molar-refractivity contribution is 6.33. The van der Waals surface area contributed by atoms with E-state index >= 15 is 0 Å². The van der Waals surface area contributed by atoms with E-state index in [9.17, 15) is 4.79 Å². The molecule has 1 aromatic carbocycles. The number of halogens is 1. The van der Waals surface area contributed by atoms with Crippen molar-refractivity contribution < 1.29 is 9.90 Å². The quantitative estimate of drug-likeness (QED) is 0.681. The maximum absolute atomic E-state index is 11.0. The number of carboxylic acids is 1. The summed E-state index contributed by atoms with van der Waals surface area (Å²) < 4.78 is 1.81. The van der Waals surface area contributed by atoms with Crippen molar-refractivity contribution in [1.82, 2.24) is 14.6 Å². The molecule has 2 heterocycles. The van der Waals surface area contributed by atoms with Crippen LogP contribution in [0.15, 0.2) is 30.5 Å². The first-order valence-electron chi connectivity index (χ1n) is 9.70. The maximum atomic E-state index is 11.0. The SMILES string of the molecule is O=C(O)c1ccc(CNc2c3c(nc4c(Cl)cnn24)C2(CCCC2)CC3)cc1. The molecule has 0 amide bonds. The van der Waals surface area contributed by atoms with Gasteiger partial charge < -0.3 is 10.4 Å². The predicted molar refractivity (Wildman–Crippen MR) is 107 cm³/mol. The summed E-state index contributed by atoms with van der Waals surface area (Å²) in [5.74, 6) is 0.0409. The third-order valence-corrected chi connectivity index (χ3v) is 6.55. The van der Waals surface area contributed by atoms with Gasteiger partial charge in [0.1, 0.15) is 10.8 Å². The average molecular weight is 397 g/mol.